The Kier molecular flexibility index (Phi) is 54.2. The Balaban J connectivity index is 2.21. The Morgan fingerprint density at radius 1 is 0.430 bits per heavy atom. The maximum absolute atomic E-state index is 13.2. The van der Waals surface area contributed by atoms with Crippen LogP contribution in [0.15, 0.2) is 36.5 Å². The molecule has 1 heterocycles. The number of carbonyl (C=O) groups is 1. The van der Waals surface area contributed by atoms with Crippen molar-refractivity contribution in [3.05, 3.63) is 36.5 Å². The maximum atomic E-state index is 13.2. The fraction of sp³-hybridized carbons (Fsp3) is 0.897. The highest BCUT2D eigenvalue weighted by Crippen LogP contribution is 2.24. The molecule has 1 aliphatic heterocycles. The van der Waals surface area contributed by atoms with Crippen LogP contribution in [0.25, 0.3) is 0 Å². The first-order valence-electron chi connectivity index (χ1n) is 33.9. The molecule has 0 aliphatic carbocycles. The normalized spacial score (nSPS) is 19.5. The van der Waals surface area contributed by atoms with Crippen LogP contribution in [0.5, 0.6) is 0 Å². The second kappa shape index (κ2) is 56.8. The van der Waals surface area contributed by atoms with Gasteiger partial charge >= 0.3 is 0 Å². The fourth-order valence-corrected chi connectivity index (χ4v) is 10.9. The number of allylic oxidation sites excluding steroid dienone is 6. The van der Waals surface area contributed by atoms with Gasteiger partial charge in [-0.05, 0) is 64.2 Å². The smallest absolute Gasteiger partial charge is 0.249 e. The predicted octanol–water partition coefficient (Wildman–Crippen LogP) is 15.8. The van der Waals surface area contributed by atoms with Gasteiger partial charge in [-0.1, -0.05) is 294 Å². The molecular formula is C68H129NO10. The van der Waals surface area contributed by atoms with Gasteiger partial charge in [0.2, 0.25) is 5.91 Å². The van der Waals surface area contributed by atoms with Crippen LogP contribution < -0.4 is 5.32 Å². The van der Waals surface area contributed by atoms with Gasteiger partial charge in [-0.3, -0.25) is 4.79 Å². The average Bonchev–Trinajstić information content (AvgIpc) is 3.46. The molecule has 1 amide bonds. The Labute approximate surface area is 486 Å². The van der Waals surface area contributed by atoms with Crippen molar-refractivity contribution < 1.29 is 50.0 Å². The van der Waals surface area contributed by atoms with Crippen molar-refractivity contribution in [3.63, 3.8) is 0 Å². The first-order chi connectivity index (χ1) is 38.7. The van der Waals surface area contributed by atoms with Gasteiger partial charge in [0, 0.05) is 0 Å². The van der Waals surface area contributed by atoms with Crippen molar-refractivity contribution in [2.24, 2.45) is 0 Å². The van der Waals surface area contributed by atoms with Gasteiger partial charge in [0.15, 0.2) is 6.29 Å². The largest absolute Gasteiger partial charge is 0.394 e. The van der Waals surface area contributed by atoms with E-state index in [0.29, 0.717) is 19.3 Å². The summed E-state index contributed by atoms with van der Waals surface area (Å²) in [5, 5.41) is 76.3. The van der Waals surface area contributed by atoms with Gasteiger partial charge in [-0.15, -0.1) is 0 Å². The third-order valence-electron chi connectivity index (χ3n) is 16.4. The number of carbonyl (C=O) groups excluding carboxylic acids is 1. The van der Waals surface area contributed by atoms with Crippen LogP contribution in [-0.4, -0.2) is 110 Å². The highest BCUT2D eigenvalue weighted by atomic mass is 16.7. The summed E-state index contributed by atoms with van der Waals surface area (Å²) in [6, 6.07) is -1.19. The number of unbranched alkanes of at least 4 members (excludes halogenated alkanes) is 41. The standard InChI is InChI=1S/C68H129NO10/c1-3-5-7-9-11-13-15-17-19-21-23-25-26-27-28-29-30-31-32-33-34-35-36-38-40-42-44-46-48-50-52-54-56-61(72)67(77)69-59(58-78-68-66(76)65(75)64(74)62(57-70)79-68)63(73)60(71)55-53-51-49-47-45-43-41-39-37-24-22-20-18-16-14-12-10-8-6-4-2/h20,22,39,41,47,49,59-66,68,70-76H,3-19,21,23-38,40,42-46,48,50-58H2,1-2H3,(H,69,77)/b22-20+,41-39+,49-47+. The van der Waals surface area contributed by atoms with Gasteiger partial charge in [-0.25, -0.2) is 0 Å². The summed E-state index contributed by atoms with van der Waals surface area (Å²) in [7, 11) is 0. The molecule has 11 nitrogen and oxygen atoms in total. The van der Waals surface area contributed by atoms with Gasteiger partial charge in [0.05, 0.1) is 25.4 Å². The Hall–Kier alpha value is -1.67. The number of amides is 1. The molecule has 0 radical (unpaired) electrons. The fourth-order valence-electron chi connectivity index (χ4n) is 10.9. The topological polar surface area (TPSA) is 189 Å². The minimum absolute atomic E-state index is 0.243. The van der Waals surface area contributed by atoms with E-state index in [4.69, 9.17) is 9.47 Å². The summed E-state index contributed by atoms with van der Waals surface area (Å²) >= 11 is 0. The van der Waals surface area contributed by atoms with E-state index in [1.165, 1.54) is 231 Å². The molecule has 0 aromatic rings. The van der Waals surface area contributed by atoms with Crippen molar-refractivity contribution in [2.75, 3.05) is 13.2 Å². The third kappa shape index (κ3) is 44.5. The Morgan fingerprint density at radius 3 is 1.13 bits per heavy atom. The molecule has 8 N–H and O–H groups in total. The zero-order valence-corrected chi connectivity index (χ0v) is 51.4. The van der Waals surface area contributed by atoms with E-state index < -0.39 is 74.2 Å². The number of hydrogen-bond acceptors (Lipinski definition) is 10. The van der Waals surface area contributed by atoms with Crippen molar-refractivity contribution in [1.82, 2.24) is 5.32 Å². The number of ether oxygens (including phenoxy) is 2. The molecule has 0 aromatic heterocycles. The van der Waals surface area contributed by atoms with Crippen molar-refractivity contribution in [1.29, 1.82) is 0 Å². The van der Waals surface area contributed by atoms with Crippen molar-refractivity contribution in [2.45, 2.75) is 377 Å². The summed E-state index contributed by atoms with van der Waals surface area (Å²) in [4.78, 5) is 13.2. The van der Waals surface area contributed by atoms with Crippen LogP contribution >= 0.6 is 0 Å². The summed E-state index contributed by atoms with van der Waals surface area (Å²) in [6.45, 7) is 3.47. The quantitative estimate of drug-likeness (QED) is 0.0215. The predicted molar refractivity (Wildman–Crippen MR) is 330 cm³/mol. The van der Waals surface area contributed by atoms with E-state index in [0.717, 1.165) is 44.9 Å². The lowest BCUT2D eigenvalue weighted by molar-refractivity contribution is -0.303. The van der Waals surface area contributed by atoms with Gasteiger partial charge in [-0.2, -0.15) is 0 Å². The minimum Gasteiger partial charge on any atom is -0.394 e. The van der Waals surface area contributed by atoms with Crippen molar-refractivity contribution in [3.8, 4) is 0 Å². The molecule has 0 spiro atoms. The van der Waals surface area contributed by atoms with Crippen LogP contribution in [0.3, 0.4) is 0 Å². The van der Waals surface area contributed by atoms with Crippen LogP contribution in [-0.2, 0) is 14.3 Å². The third-order valence-corrected chi connectivity index (χ3v) is 16.4. The van der Waals surface area contributed by atoms with Gasteiger partial charge in [0.25, 0.3) is 0 Å². The molecule has 1 rings (SSSR count). The number of rotatable bonds is 59. The van der Waals surface area contributed by atoms with E-state index in [1.807, 2.05) is 0 Å². The van der Waals surface area contributed by atoms with Crippen LogP contribution in [0, 0.1) is 0 Å². The monoisotopic (exact) mass is 1120 g/mol. The van der Waals surface area contributed by atoms with Gasteiger partial charge in [0.1, 0.15) is 36.6 Å². The summed E-state index contributed by atoms with van der Waals surface area (Å²) < 4.78 is 11.2. The first-order valence-corrected chi connectivity index (χ1v) is 33.9. The van der Waals surface area contributed by atoms with Crippen molar-refractivity contribution >= 4 is 5.91 Å². The maximum Gasteiger partial charge on any atom is 0.249 e. The first kappa shape index (κ1) is 75.3. The molecule has 0 aromatic carbocycles. The van der Waals surface area contributed by atoms with E-state index in [2.05, 4.69) is 55.6 Å². The molecular weight excluding hydrogens is 991 g/mol. The lowest BCUT2D eigenvalue weighted by atomic mass is 9.98. The lowest BCUT2D eigenvalue weighted by Crippen LogP contribution is -2.60. The molecule has 79 heavy (non-hydrogen) atoms. The number of aliphatic hydroxyl groups excluding tert-OH is 7. The number of aliphatic hydroxyl groups is 7. The molecule has 0 saturated carbocycles. The molecule has 9 atom stereocenters. The van der Waals surface area contributed by atoms with Gasteiger partial charge < -0.3 is 50.5 Å². The SMILES string of the molecule is CCCCCCCCC/C=C/CC/C=C/CC/C=C/CCCC(O)C(O)C(COC1OC(CO)C(O)C(O)C1O)NC(=O)C(O)CCCCCCCCCCCCCCCCCCCCCCCCCCCCCCCCCC. The summed E-state index contributed by atoms with van der Waals surface area (Å²) in [5.41, 5.74) is 0. The van der Waals surface area contributed by atoms with E-state index in [9.17, 15) is 40.5 Å². The Bertz CT molecular complexity index is 1380. The zero-order chi connectivity index (χ0) is 57.5. The second-order valence-corrected chi connectivity index (χ2v) is 23.9. The van der Waals surface area contributed by atoms with Crippen LogP contribution in [0.4, 0.5) is 0 Å². The van der Waals surface area contributed by atoms with Crippen LogP contribution in [0.1, 0.15) is 322 Å². The number of hydrogen-bond donors (Lipinski definition) is 8. The highest BCUT2D eigenvalue weighted by Gasteiger charge is 2.44. The summed E-state index contributed by atoms with van der Waals surface area (Å²) in [5.74, 6) is -0.707. The molecule has 1 saturated heterocycles. The lowest BCUT2D eigenvalue weighted by Gasteiger charge is -2.40. The zero-order valence-electron chi connectivity index (χ0n) is 51.4. The molecule has 9 unspecified atom stereocenters. The second-order valence-electron chi connectivity index (χ2n) is 23.9. The average molecular weight is 1120 g/mol. The highest BCUT2D eigenvalue weighted by molar-refractivity contribution is 5.80. The molecule has 1 fully saturated rings. The molecule has 466 valence electrons. The molecule has 0 bridgehead atoms. The minimum atomic E-state index is -1.67. The molecule has 1 aliphatic rings. The number of nitrogens with one attached hydrogen (secondary N) is 1. The van der Waals surface area contributed by atoms with Crippen LogP contribution in [0.2, 0.25) is 0 Å². The Morgan fingerprint density at radius 2 is 0.759 bits per heavy atom. The van der Waals surface area contributed by atoms with E-state index in [1.54, 1.807) is 0 Å². The molecule has 11 heteroatoms. The van der Waals surface area contributed by atoms with E-state index >= 15 is 0 Å². The summed E-state index contributed by atoms with van der Waals surface area (Å²) in [6.07, 6.45) is 60.9. The van der Waals surface area contributed by atoms with E-state index in [-0.39, 0.29) is 12.8 Å².